The van der Waals surface area contributed by atoms with E-state index in [1.807, 2.05) is 7.05 Å². The summed E-state index contributed by atoms with van der Waals surface area (Å²) in [7, 11) is 4.05. The Morgan fingerprint density at radius 3 is 2.22 bits per heavy atom. The minimum Gasteiger partial charge on any atom is -0.379 e. The molecule has 0 aromatic rings. The van der Waals surface area contributed by atoms with Crippen LogP contribution in [0.4, 0.5) is 0 Å². The molecular weight excluding hydrogens is 292 g/mol. The molecular formula is C16H34N6O. The lowest BCUT2D eigenvalue weighted by Crippen LogP contribution is -2.46. The van der Waals surface area contributed by atoms with Gasteiger partial charge in [0, 0.05) is 59.4 Å². The molecule has 2 heterocycles. The first-order valence-corrected chi connectivity index (χ1v) is 8.93. The van der Waals surface area contributed by atoms with Gasteiger partial charge in [-0.05, 0) is 26.6 Å². The number of morpholine rings is 1. The van der Waals surface area contributed by atoms with E-state index in [4.69, 9.17) is 4.74 Å². The molecule has 0 bridgehead atoms. The van der Waals surface area contributed by atoms with Crippen LogP contribution in [0.2, 0.25) is 0 Å². The second kappa shape index (κ2) is 10.8. The van der Waals surface area contributed by atoms with Crippen molar-refractivity contribution in [1.82, 2.24) is 25.3 Å². The van der Waals surface area contributed by atoms with Gasteiger partial charge >= 0.3 is 0 Å². The van der Waals surface area contributed by atoms with Crippen LogP contribution < -0.4 is 10.6 Å². The lowest BCUT2D eigenvalue weighted by Gasteiger charge is -2.27. The van der Waals surface area contributed by atoms with E-state index in [2.05, 4.69) is 37.4 Å². The zero-order valence-electron chi connectivity index (χ0n) is 14.9. The summed E-state index contributed by atoms with van der Waals surface area (Å²) >= 11 is 0. The predicted octanol–water partition coefficient (Wildman–Crippen LogP) is -0.879. The lowest BCUT2D eigenvalue weighted by atomic mass is 10.4. The van der Waals surface area contributed by atoms with E-state index in [-0.39, 0.29) is 0 Å². The van der Waals surface area contributed by atoms with Gasteiger partial charge < -0.3 is 25.2 Å². The molecule has 0 aromatic heterocycles. The van der Waals surface area contributed by atoms with E-state index in [0.717, 1.165) is 58.4 Å². The second-order valence-corrected chi connectivity index (χ2v) is 6.38. The van der Waals surface area contributed by atoms with Crippen molar-refractivity contribution >= 4 is 5.96 Å². The van der Waals surface area contributed by atoms with Crippen LogP contribution in [0.25, 0.3) is 0 Å². The topological polar surface area (TPSA) is 55.4 Å². The highest BCUT2D eigenvalue weighted by Crippen LogP contribution is 1.99. The van der Waals surface area contributed by atoms with Crippen molar-refractivity contribution in [1.29, 1.82) is 0 Å². The van der Waals surface area contributed by atoms with Crippen molar-refractivity contribution in [3.63, 3.8) is 0 Å². The summed E-state index contributed by atoms with van der Waals surface area (Å²) in [5.74, 6) is 0.908. The Hall–Kier alpha value is -0.890. The van der Waals surface area contributed by atoms with Crippen LogP contribution >= 0.6 is 0 Å². The third kappa shape index (κ3) is 7.48. The highest BCUT2D eigenvalue weighted by atomic mass is 16.5. The Bertz CT molecular complexity index is 345. The molecule has 0 spiro atoms. The van der Waals surface area contributed by atoms with Crippen molar-refractivity contribution in [2.45, 2.75) is 6.42 Å². The van der Waals surface area contributed by atoms with E-state index in [9.17, 15) is 0 Å². The molecule has 2 rings (SSSR count). The Labute approximate surface area is 141 Å². The highest BCUT2D eigenvalue weighted by molar-refractivity contribution is 5.79. The zero-order valence-corrected chi connectivity index (χ0v) is 14.9. The average molecular weight is 326 g/mol. The monoisotopic (exact) mass is 326 g/mol. The molecule has 2 aliphatic heterocycles. The minimum absolute atomic E-state index is 0.859. The van der Waals surface area contributed by atoms with Gasteiger partial charge in [-0.1, -0.05) is 0 Å². The van der Waals surface area contributed by atoms with Crippen LogP contribution in [-0.2, 0) is 4.74 Å². The number of aliphatic imine (C=N–C) groups is 1. The number of rotatable bonds is 6. The van der Waals surface area contributed by atoms with Gasteiger partial charge in [0.1, 0.15) is 0 Å². The predicted molar refractivity (Wildman–Crippen MR) is 95.2 cm³/mol. The fraction of sp³-hybridized carbons (Fsp3) is 0.938. The Balaban J connectivity index is 1.55. The molecule has 134 valence electrons. The van der Waals surface area contributed by atoms with Crippen LogP contribution in [0.3, 0.4) is 0 Å². The largest absolute Gasteiger partial charge is 0.379 e. The minimum atomic E-state index is 0.859. The number of nitrogens with zero attached hydrogens (tertiary/aromatic N) is 4. The maximum absolute atomic E-state index is 5.37. The number of ether oxygens (including phenoxy) is 1. The molecule has 0 atom stereocenters. The second-order valence-electron chi connectivity index (χ2n) is 6.38. The van der Waals surface area contributed by atoms with Gasteiger partial charge in [-0.2, -0.15) is 0 Å². The number of guanidine groups is 1. The molecule has 0 radical (unpaired) electrons. The molecule has 7 nitrogen and oxygen atoms in total. The third-order valence-electron chi connectivity index (χ3n) is 4.58. The SMILES string of the molecule is CN=C(NCCN1CCOCC1)NCCN1CCCN(C)CC1. The normalized spacial score (nSPS) is 22.8. The van der Waals surface area contributed by atoms with Crippen molar-refractivity contribution in [3.8, 4) is 0 Å². The Morgan fingerprint density at radius 2 is 1.57 bits per heavy atom. The fourth-order valence-corrected chi connectivity index (χ4v) is 3.03. The summed E-state index contributed by atoms with van der Waals surface area (Å²) in [5, 5.41) is 6.83. The van der Waals surface area contributed by atoms with Gasteiger partial charge in [0.15, 0.2) is 5.96 Å². The molecule has 0 amide bonds. The summed E-state index contributed by atoms with van der Waals surface area (Å²) in [5.41, 5.74) is 0. The van der Waals surface area contributed by atoms with Gasteiger partial charge in [-0.25, -0.2) is 0 Å². The molecule has 0 saturated carbocycles. The van der Waals surface area contributed by atoms with E-state index in [0.29, 0.717) is 0 Å². The molecule has 23 heavy (non-hydrogen) atoms. The molecule has 7 heteroatoms. The first-order chi connectivity index (χ1) is 11.3. The third-order valence-corrected chi connectivity index (χ3v) is 4.58. The van der Waals surface area contributed by atoms with Crippen LogP contribution in [0.1, 0.15) is 6.42 Å². The lowest BCUT2D eigenvalue weighted by molar-refractivity contribution is 0.0389. The molecule has 0 unspecified atom stereocenters. The van der Waals surface area contributed by atoms with Crippen molar-refractivity contribution in [2.75, 3.05) is 92.8 Å². The summed E-state index contributed by atoms with van der Waals surface area (Å²) < 4.78 is 5.37. The van der Waals surface area contributed by atoms with Crippen molar-refractivity contribution in [2.24, 2.45) is 4.99 Å². The van der Waals surface area contributed by atoms with Gasteiger partial charge in [0.05, 0.1) is 13.2 Å². The maximum Gasteiger partial charge on any atom is 0.191 e. The van der Waals surface area contributed by atoms with Gasteiger partial charge in [0.25, 0.3) is 0 Å². The van der Waals surface area contributed by atoms with Crippen LogP contribution in [-0.4, -0.2) is 113 Å². The van der Waals surface area contributed by atoms with Crippen molar-refractivity contribution < 1.29 is 4.74 Å². The Kier molecular flexibility index (Phi) is 8.67. The van der Waals surface area contributed by atoms with E-state index < -0.39 is 0 Å². The number of likely N-dealkylation sites (N-methyl/N-ethyl adjacent to an activating group) is 1. The van der Waals surface area contributed by atoms with Crippen LogP contribution in [0.15, 0.2) is 4.99 Å². The fourth-order valence-electron chi connectivity index (χ4n) is 3.03. The van der Waals surface area contributed by atoms with Crippen LogP contribution in [0, 0.1) is 0 Å². The number of hydrogen-bond donors (Lipinski definition) is 2. The van der Waals surface area contributed by atoms with E-state index in [1.165, 1.54) is 32.6 Å². The molecule has 0 aromatic carbocycles. The first kappa shape index (κ1) is 18.4. The number of nitrogens with one attached hydrogen (secondary N) is 2. The molecule has 2 saturated heterocycles. The van der Waals surface area contributed by atoms with Crippen LogP contribution in [0.5, 0.6) is 0 Å². The zero-order chi connectivity index (χ0) is 16.3. The molecule has 2 fully saturated rings. The summed E-state index contributed by atoms with van der Waals surface area (Å²) in [6, 6.07) is 0. The van der Waals surface area contributed by atoms with E-state index in [1.54, 1.807) is 0 Å². The Morgan fingerprint density at radius 1 is 0.913 bits per heavy atom. The first-order valence-electron chi connectivity index (χ1n) is 8.93. The molecule has 2 aliphatic rings. The summed E-state index contributed by atoms with van der Waals surface area (Å²) in [6.45, 7) is 12.6. The average Bonchev–Trinajstić information content (AvgIpc) is 2.79. The highest BCUT2D eigenvalue weighted by Gasteiger charge is 2.12. The van der Waals surface area contributed by atoms with E-state index >= 15 is 0 Å². The summed E-state index contributed by atoms with van der Waals surface area (Å²) in [6.07, 6.45) is 1.27. The van der Waals surface area contributed by atoms with Gasteiger partial charge in [0.2, 0.25) is 0 Å². The molecule has 0 aliphatic carbocycles. The van der Waals surface area contributed by atoms with Crippen molar-refractivity contribution in [3.05, 3.63) is 0 Å². The standard InChI is InChI=1S/C16H34N6O/c1-17-16(19-5-9-22-12-14-23-15-13-22)18-4-8-21-7-3-6-20(2)10-11-21/h3-15H2,1-2H3,(H2,17,18,19). The smallest absolute Gasteiger partial charge is 0.191 e. The number of hydrogen-bond acceptors (Lipinski definition) is 5. The summed E-state index contributed by atoms with van der Waals surface area (Å²) in [4.78, 5) is 11.7. The quantitative estimate of drug-likeness (QED) is 0.488. The maximum atomic E-state index is 5.37. The molecule has 2 N–H and O–H groups in total. The van der Waals surface area contributed by atoms with Gasteiger partial charge in [-0.3, -0.25) is 9.89 Å². The van der Waals surface area contributed by atoms with Gasteiger partial charge in [-0.15, -0.1) is 0 Å².